The standard InChI is InChI=1S/C19H28N2O4/c1-6-9-19(5,18(24)25)21-17(23)14-7-8-15(13(4)11-14)20-16(22)10-12(2)3/h7-8,11-12H,6,9-10H2,1-5H3,(H,20,22)(H,21,23)(H,24,25). The summed E-state index contributed by atoms with van der Waals surface area (Å²) in [6, 6.07) is 4.90. The molecule has 0 aliphatic heterocycles. The zero-order chi connectivity index (χ0) is 19.2. The van der Waals surface area contributed by atoms with Crippen LogP contribution in [0.5, 0.6) is 0 Å². The first-order valence-electron chi connectivity index (χ1n) is 8.55. The molecule has 138 valence electrons. The fourth-order valence-corrected chi connectivity index (χ4v) is 2.56. The first-order chi connectivity index (χ1) is 11.6. The zero-order valence-electron chi connectivity index (χ0n) is 15.6. The number of hydrogen-bond acceptors (Lipinski definition) is 3. The Morgan fingerprint density at radius 1 is 1.24 bits per heavy atom. The van der Waals surface area contributed by atoms with Crippen molar-refractivity contribution in [3.05, 3.63) is 29.3 Å². The molecule has 1 rings (SSSR count). The average molecular weight is 348 g/mol. The first kappa shape index (κ1) is 20.7. The highest BCUT2D eigenvalue weighted by Crippen LogP contribution is 2.19. The van der Waals surface area contributed by atoms with Gasteiger partial charge in [0.15, 0.2) is 0 Å². The molecule has 1 unspecified atom stereocenters. The lowest BCUT2D eigenvalue weighted by Gasteiger charge is -2.26. The number of aliphatic carboxylic acids is 1. The molecule has 3 N–H and O–H groups in total. The van der Waals surface area contributed by atoms with Crippen molar-refractivity contribution in [2.24, 2.45) is 5.92 Å². The van der Waals surface area contributed by atoms with E-state index in [4.69, 9.17) is 0 Å². The van der Waals surface area contributed by atoms with Crippen LogP contribution in [0.1, 0.15) is 62.9 Å². The summed E-state index contributed by atoms with van der Waals surface area (Å²) in [5.74, 6) is -1.31. The van der Waals surface area contributed by atoms with Crippen molar-refractivity contribution in [3.8, 4) is 0 Å². The van der Waals surface area contributed by atoms with Gasteiger partial charge in [0.25, 0.3) is 5.91 Å². The lowest BCUT2D eigenvalue weighted by atomic mass is 9.95. The van der Waals surface area contributed by atoms with Crippen LogP contribution in [0.4, 0.5) is 5.69 Å². The number of carbonyl (C=O) groups excluding carboxylic acids is 2. The molecule has 25 heavy (non-hydrogen) atoms. The minimum atomic E-state index is -1.30. The maximum atomic E-state index is 12.4. The van der Waals surface area contributed by atoms with Crippen LogP contribution in [0.15, 0.2) is 18.2 Å². The summed E-state index contributed by atoms with van der Waals surface area (Å²) in [5, 5.41) is 14.8. The molecule has 6 heteroatoms. The molecule has 0 saturated carbocycles. The molecule has 0 heterocycles. The number of anilines is 1. The van der Waals surface area contributed by atoms with Crippen molar-refractivity contribution in [2.75, 3.05) is 5.32 Å². The number of amides is 2. The zero-order valence-corrected chi connectivity index (χ0v) is 15.6. The largest absolute Gasteiger partial charge is 0.480 e. The van der Waals surface area contributed by atoms with Gasteiger partial charge in [-0.05, 0) is 49.9 Å². The molecule has 1 atom stereocenters. The Kier molecular flexibility index (Phi) is 7.15. The third kappa shape index (κ3) is 5.89. The van der Waals surface area contributed by atoms with Gasteiger partial charge in [0.2, 0.25) is 5.91 Å². The van der Waals surface area contributed by atoms with Gasteiger partial charge in [0.05, 0.1) is 0 Å². The molecule has 0 aliphatic rings. The van der Waals surface area contributed by atoms with Crippen molar-refractivity contribution in [3.63, 3.8) is 0 Å². The van der Waals surface area contributed by atoms with E-state index < -0.39 is 17.4 Å². The fourth-order valence-electron chi connectivity index (χ4n) is 2.56. The predicted molar refractivity (Wildman–Crippen MR) is 97.7 cm³/mol. The second-order valence-corrected chi connectivity index (χ2v) is 7.02. The van der Waals surface area contributed by atoms with Crippen molar-refractivity contribution in [1.29, 1.82) is 0 Å². The van der Waals surface area contributed by atoms with Gasteiger partial charge >= 0.3 is 5.97 Å². The van der Waals surface area contributed by atoms with E-state index in [2.05, 4.69) is 10.6 Å². The van der Waals surface area contributed by atoms with Crippen LogP contribution < -0.4 is 10.6 Å². The lowest BCUT2D eigenvalue weighted by molar-refractivity contribution is -0.144. The Balaban J connectivity index is 2.90. The highest BCUT2D eigenvalue weighted by atomic mass is 16.4. The molecule has 6 nitrogen and oxygen atoms in total. The Labute approximate surface area is 149 Å². The second kappa shape index (κ2) is 8.65. The van der Waals surface area contributed by atoms with Crippen LogP contribution >= 0.6 is 0 Å². The van der Waals surface area contributed by atoms with E-state index in [0.717, 1.165) is 5.56 Å². The molecule has 0 aliphatic carbocycles. The van der Waals surface area contributed by atoms with E-state index >= 15 is 0 Å². The van der Waals surface area contributed by atoms with Crippen LogP contribution in [0.25, 0.3) is 0 Å². The summed E-state index contributed by atoms with van der Waals surface area (Å²) < 4.78 is 0. The van der Waals surface area contributed by atoms with Gasteiger partial charge in [-0.15, -0.1) is 0 Å². The molecule has 2 amide bonds. The fraction of sp³-hybridized carbons (Fsp3) is 0.526. The molecule has 0 fully saturated rings. The number of benzene rings is 1. The minimum Gasteiger partial charge on any atom is -0.480 e. The van der Waals surface area contributed by atoms with Crippen molar-refractivity contribution >= 4 is 23.5 Å². The maximum absolute atomic E-state index is 12.4. The minimum absolute atomic E-state index is 0.0725. The van der Waals surface area contributed by atoms with Crippen molar-refractivity contribution in [2.45, 2.75) is 59.4 Å². The van der Waals surface area contributed by atoms with Gasteiger partial charge in [-0.3, -0.25) is 9.59 Å². The number of carbonyl (C=O) groups is 3. The summed E-state index contributed by atoms with van der Waals surface area (Å²) in [4.78, 5) is 35.7. The molecule has 1 aromatic carbocycles. The molecule has 0 bridgehead atoms. The van der Waals surface area contributed by atoms with E-state index in [-0.39, 0.29) is 11.8 Å². The lowest BCUT2D eigenvalue weighted by Crippen LogP contribution is -2.52. The topological polar surface area (TPSA) is 95.5 Å². The second-order valence-electron chi connectivity index (χ2n) is 7.02. The monoisotopic (exact) mass is 348 g/mol. The highest BCUT2D eigenvalue weighted by Gasteiger charge is 2.34. The van der Waals surface area contributed by atoms with E-state index in [1.165, 1.54) is 6.92 Å². The van der Waals surface area contributed by atoms with E-state index in [9.17, 15) is 19.5 Å². The van der Waals surface area contributed by atoms with Gasteiger partial charge in [0, 0.05) is 17.7 Å². The molecule has 0 aromatic heterocycles. The number of aryl methyl sites for hydroxylation is 1. The number of hydrogen-bond donors (Lipinski definition) is 3. The third-order valence-electron chi connectivity index (χ3n) is 3.97. The van der Waals surface area contributed by atoms with Gasteiger partial charge in [-0.2, -0.15) is 0 Å². The van der Waals surface area contributed by atoms with E-state index in [0.29, 0.717) is 30.5 Å². The summed E-state index contributed by atoms with van der Waals surface area (Å²) in [5.41, 5.74) is 0.459. The summed E-state index contributed by atoms with van der Waals surface area (Å²) >= 11 is 0. The number of carboxylic acids is 1. The molecule has 0 saturated heterocycles. The molecular formula is C19H28N2O4. The van der Waals surface area contributed by atoms with Crippen LogP contribution in [0, 0.1) is 12.8 Å². The van der Waals surface area contributed by atoms with E-state index in [1.54, 1.807) is 25.1 Å². The number of nitrogens with one attached hydrogen (secondary N) is 2. The summed E-state index contributed by atoms with van der Waals surface area (Å²) in [7, 11) is 0. The Morgan fingerprint density at radius 3 is 2.36 bits per heavy atom. The number of carboxylic acid groups (broad SMARTS) is 1. The van der Waals surface area contributed by atoms with Crippen LogP contribution in [0.2, 0.25) is 0 Å². The Hall–Kier alpha value is -2.37. The van der Waals surface area contributed by atoms with Gasteiger partial charge in [0.1, 0.15) is 5.54 Å². The van der Waals surface area contributed by atoms with Crippen LogP contribution in [0.3, 0.4) is 0 Å². The van der Waals surface area contributed by atoms with Crippen LogP contribution in [-0.4, -0.2) is 28.4 Å². The summed E-state index contributed by atoms with van der Waals surface area (Å²) in [6.07, 6.45) is 1.41. The predicted octanol–water partition coefficient (Wildman–Crippen LogP) is 3.35. The number of rotatable bonds is 8. The molecular weight excluding hydrogens is 320 g/mol. The van der Waals surface area contributed by atoms with Gasteiger partial charge < -0.3 is 15.7 Å². The van der Waals surface area contributed by atoms with Crippen LogP contribution in [-0.2, 0) is 9.59 Å². The summed E-state index contributed by atoms with van der Waals surface area (Å²) in [6.45, 7) is 9.10. The normalized spacial score (nSPS) is 13.2. The Bertz CT molecular complexity index is 655. The third-order valence-corrected chi connectivity index (χ3v) is 3.97. The highest BCUT2D eigenvalue weighted by molar-refractivity contribution is 5.99. The van der Waals surface area contributed by atoms with Gasteiger partial charge in [-0.1, -0.05) is 27.2 Å². The maximum Gasteiger partial charge on any atom is 0.329 e. The van der Waals surface area contributed by atoms with Crippen molar-refractivity contribution < 1.29 is 19.5 Å². The quantitative estimate of drug-likeness (QED) is 0.671. The first-order valence-corrected chi connectivity index (χ1v) is 8.55. The smallest absolute Gasteiger partial charge is 0.329 e. The average Bonchev–Trinajstić information content (AvgIpc) is 2.48. The Morgan fingerprint density at radius 2 is 1.88 bits per heavy atom. The SMILES string of the molecule is CCCC(C)(NC(=O)c1ccc(NC(=O)CC(C)C)c(C)c1)C(=O)O. The van der Waals surface area contributed by atoms with Crippen molar-refractivity contribution in [1.82, 2.24) is 5.32 Å². The molecule has 1 aromatic rings. The van der Waals surface area contributed by atoms with Gasteiger partial charge in [-0.25, -0.2) is 4.79 Å². The molecule has 0 spiro atoms. The molecule has 0 radical (unpaired) electrons. The van der Waals surface area contributed by atoms with E-state index in [1.807, 2.05) is 20.8 Å².